The summed E-state index contributed by atoms with van der Waals surface area (Å²) in [6.07, 6.45) is 5.51. The molecule has 0 radical (unpaired) electrons. The van der Waals surface area contributed by atoms with Crippen molar-refractivity contribution in [1.82, 2.24) is 15.2 Å². The zero-order valence-electron chi connectivity index (χ0n) is 12.2. The van der Waals surface area contributed by atoms with Crippen molar-refractivity contribution in [3.05, 3.63) is 30.1 Å². The molecule has 0 bridgehead atoms. The summed E-state index contributed by atoms with van der Waals surface area (Å²) in [6, 6.07) is 6.46. The van der Waals surface area contributed by atoms with Crippen LogP contribution in [-0.4, -0.2) is 42.1 Å². The summed E-state index contributed by atoms with van der Waals surface area (Å²) in [6.45, 7) is 6.74. The van der Waals surface area contributed by atoms with E-state index in [1.54, 1.807) is 0 Å². The van der Waals surface area contributed by atoms with Crippen LogP contribution in [0, 0.1) is 11.3 Å². The number of nitriles is 1. The first-order valence-corrected chi connectivity index (χ1v) is 6.83. The zero-order valence-corrected chi connectivity index (χ0v) is 12.2. The van der Waals surface area contributed by atoms with Gasteiger partial charge in [0.15, 0.2) is 0 Å². The molecular formula is C15H24N4. The lowest BCUT2D eigenvalue weighted by atomic mass is 9.99. The minimum absolute atomic E-state index is 0.417. The van der Waals surface area contributed by atoms with Gasteiger partial charge in [0, 0.05) is 25.5 Å². The average Bonchev–Trinajstić information content (AvgIpc) is 2.44. The van der Waals surface area contributed by atoms with E-state index in [1.165, 1.54) is 5.56 Å². The van der Waals surface area contributed by atoms with Gasteiger partial charge in [0.25, 0.3) is 0 Å². The fourth-order valence-corrected chi connectivity index (χ4v) is 1.97. The molecule has 1 unspecified atom stereocenters. The third-order valence-corrected chi connectivity index (χ3v) is 3.34. The summed E-state index contributed by atoms with van der Waals surface area (Å²) in [5, 5.41) is 12.4. The normalized spacial score (nSPS) is 14.1. The Kier molecular flexibility index (Phi) is 6.48. The van der Waals surface area contributed by atoms with E-state index < -0.39 is 5.54 Å². The van der Waals surface area contributed by atoms with Gasteiger partial charge in [0.05, 0.1) is 6.07 Å². The fourth-order valence-electron chi connectivity index (χ4n) is 1.97. The molecule has 1 aromatic heterocycles. The molecule has 4 nitrogen and oxygen atoms in total. The summed E-state index contributed by atoms with van der Waals surface area (Å²) < 4.78 is 0. The van der Waals surface area contributed by atoms with Crippen molar-refractivity contribution in [3.8, 4) is 6.07 Å². The zero-order chi connectivity index (χ0) is 14.1. The highest BCUT2D eigenvalue weighted by molar-refractivity contribution is 5.10. The van der Waals surface area contributed by atoms with E-state index >= 15 is 0 Å². The first-order valence-electron chi connectivity index (χ1n) is 6.83. The van der Waals surface area contributed by atoms with Crippen molar-refractivity contribution in [2.45, 2.75) is 32.2 Å². The Bertz CT molecular complexity index is 398. The minimum atomic E-state index is -0.417. The van der Waals surface area contributed by atoms with E-state index in [2.05, 4.69) is 28.3 Å². The van der Waals surface area contributed by atoms with E-state index in [9.17, 15) is 5.26 Å². The number of rotatable bonds is 8. The van der Waals surface area contributed by atoms with Crippen LogP contribution in [0.3, 0.4) is 0 Å². The Morgan fingerprint density at radius 3 is 2.63 bits per heavy atom. The predicted octanol–water partition coefficient (Wildman–Crippen LogP) is 1.84. The molecule has 19 heavy (non-hydrogen) atoms. The van der Waals surface area contributed by atoms with Crippen LogP contribution in [0.5, 0.6) is 0 Å². The minimum Gasteiger partial charge on any atom is -0.306 e. The van der Waals surface area contributed by atoms with Crippen LogP contribution in [0.1, 0.15) is 25.8 Å². The van der Waals surface area contributed by atoms with Crippen LogP contribution in [0.2, 0.25) is 0 Å². The van der Waals surface area contributed by atoms with Gasteiger partial charge in [-0.1, -0.05) is 6.92 Å². The van der Waals surface area contributed by atoms with Gasteiger partial charge in [-0.2, -0.15) is 5.26 Å². The monoisotopic (exact) mass is 260 g/mol. The second kappa shape index (κ2) is 7.88. The van der Waals surface area contributed by atoms with Crippen molar-refractivity contribution in [1.29, 1.82) is 5.26 Å². The van der Waals surface area contributed by atoms with Crippen molar-refractivity contribution < 1.29 is 0 Å². The predicted molar refractivity (Wildman–Crippen MR) is 77.7 cm³/mol. The van der Waals surface area contributed by atoms with Crippen molar-refractivity contribution >= 4 is 0 Å². The Hall–Kier alpha value is -1.44. The maximum Gasteiger partial charge on any atom is 0.105 e. The molecule has 0 spiro atoms. The second-order valence-electron chi connectivity index (χ2n) is 5.13. The van der Waals surface area contributed by atoms with E-state index in [0.29, 0.717) is 0 Å². The van der Waals surface area contributed by atoms with Gasteiger partial charge in [-0.05, 0) is 51.1 Å². The second-order valence-corrected chi connectivity index (χ2v) is 5.13. The number of pyridine rings is 1. The van der Waals surface area contributed by atoms with Gasteiger partial charge >= 0.3 is 0 Å². The molecule has 1 heterocycles. The lowest BCUT2D eigenvalue weighted by Crippen LogP contribution is -2.43. The van der Waals surface area contributed by atoms with Gasteiger partial charge in [-0.25, -0.2) is 0 Å². The van der Waals surface area contributed by atoms with Crippen molar-refractivity contribution in [3.63, 3.8) is 0 Å². The quantitative estimate of drug-likeness (QED) is 0.775. The number of nitrogens with zero attached hydrogens (tertiary/aromatic N) is 3. The molecule has 104 valence electrons. The Morgan fingerprint density at radius 2 is 2.05 bits per heavy atom. The molecule has 0 aromatic carbocycles. The van der Waals surface area contributed by atoms with Gasteiger partial charge in [-0.3, -0.25) is 10.3 Å². The van der Waals surface area contributed by atoms with E-state index in [-0.39, 0.29) is 0 Å². The fraction of sp³-hybridized carbons (Fsp3) is 0.600. The number of aromatic nitrogens is 1. The van der Waals surface area contributed by atoms with Crippen molar-refractivity contribution in [2.24, 2.45) is 0 Å². The smallest absolute Gasteiger partial charge is 0.105 e. The van der Waals surface area contributed by atoms with Crippen LogP contribution < -0.4 is 5.32 Å². The standard InChI is InChI=1S/C15H24N4/c1-4-18-15(2,13-16)8-12-19(3)11-7-14-5-9-17-10-6-14/h5-6,9-10,18H,4,7-8,11-12H2,1-3H3. The highest BCUT2D eigenvalue weighted by Crippen LogP contribution is 2.09. The third-order valence-electron chi connectivity index (χ3n) is 3.34. The van der Waals surface area contributed by atoms with Gasteiger partial charge in [-0.15, -0.1) is 0 Å². The first kappa shape index (κ1) is 15.6. The molecule has 0 fully saturated rings. The number of hydrogen-bond acceptors (Lipinski definition) is 4. The van der Waals surface area contributed by atoms with Crippen molar-refractivity contribution in [2.75, 3.05) is 26.7 Å². The molecule has 1 rings (SSSR count). The average molecular weight is 260 g/mol. The molecule has 0 aliphatic carbocycles. The van der Waals surface area contributed by atoms with Crippen LogP contribution in [0.25, 0.3) is 0 Å². The van der Waals surface area contributed by atoms with Gasteiger partial charge < -0.3 is 4.90 Å². The number of likely N-dealkylation sites (N-methyl/N-ethyl adjacent to an activating group) is 1. The Morgan fingerprint density at radius 1 is 1.37 bits per heavy atom. The summed E-state index contributed by atoms with van der Waals surface area (Å²) >= 11 is 0. The highest BCUT2D eigenvalue weighted by atomic mass is 15.1. The molecule has 0 saturated heterocycles. The molecule has 1 atom stereocenters. The molecule has 0 aliphatic heterocycles. The number of nitrogens with one attached hydrogen (secondary N) is 1. The van der Waals surface area contributed by atoms with E-state index in [4.69, 9.17) is 0 Å². The lowest BCUT2D eigenvalue weighted by molar-refractivity contribution is 0.292. The third kappa shape index (κ3) is 5.82. The van der Waals surface area contributed by atoms with Crippen LogP contribution >= 0.6 is 0 Å². The maximum atomic E-state index is 9.20. The van der Waals surface area contributed by atoms with Crippen LogP contribution in [0.15, 0.2) is 24.5 Å². The summed E-state index contributed by atoms with van der Waals surface area (Å²) in [4.78, 5) is 6.29. The topological polar surface area (TPSA) is 52.0 Å². The molecular weight excluding hydrogens is 236 g/mol. The lowest BCUT2D eigenvalue weighted by Gasteiger charge is -2.25. The van der Waals surface area contributed by atoms with Gasteiger partial charge in [0.2, 0.25) is 0 Å². The van der Waals surface area contributed by atoms with Gasteiger partial charge in [0.1, 0.15) is 5.54 Å². The molecule has 0 amide bonds. The summed E-state index contributed by atoms with van der Waals surface area (Å²) in [7, 11) is 2.10. The van der Waals surface area contributed by atoms with Crippen LogP contribution in [0.4, 0.5) is 0 Å². The Balaban J connectivity index is 2.32. The summed E-state index contributed by atoms with van der Waals surface area (Å²) in [5.74, 6) is 0. The largest absolute Gasteiger partial charge is 0.306 e. The SMILES string of the molecule is CCNC(C)(C#N)CCN(C)CCc1ccncc1. The molecule has 1 N–H and O–H groups in total. The summed E-state index contributed by atoms with van der Waals surface area (Å²) in [5.41, 5.74) is 0.885. The molecule has 1 aromatic rings. The molecule has 4 heteroatoms. The maximum absolute atomic E-state index is 9.20. The van der Waals surface area contributed by atoms with Crippen LogP contribution in [-0.2, 0) is 6.42 Å². The highest BCUT2D eigenvalue weighted by Gasteiger charge is 2.22. The van der Waals surface area contributed by atoms with E-state index in [1.807, 2.05) is 38.4 Å². The first-order chi connectivity index (χ1) is 9.09. The number of hydrogen-bond donors (Lipinski definition) is 1. The molecule has 0 saturated carbocycles. The van der Waals surface area contributed by atoms with E-state index in [0.717, 1.165) is 32.5 Å². The Labute approximate surface area is 116 Å². The molecule has 0 aliphatic rings.